The van der Waals surface area contributed by atoms with Crippen molar-refractivity contribution in [1.82, 2.24) is 15.5 Å². The monoisotopic (exact) mass is 313 g/mol. The van der Waals surface area contributed by atoms with Gasteiger partial charge in [0.05, 0.1) is 5.25 Å². The second-order valence-electron chi connectivity index (χ2n) is 5.60. The Hall–Kier alpha value is -0.200. The molecule has 0 aromatic carbocycles. The zero-order chi connectivity index (χ0) is 13.8. The zero-order valence-electron chi connectivity index (χ0n) is 12.0. The first-order chi connectivity index (χ1) is 9.83. The molecule has 3 rings (SSSR count). The van der Waals surface area contributed by atoms with Crippen LogP contribution in [0.15, 0.2) is 4.52 Å². The third-order valence-electron chi connectivity index (χ3n) is 4.05. The van der Waals surface area contributed by atoms with E-state index in [0.29, 0.717) is 16.5 Å². The van der Waals surface area contributed by atoms with E-state index in [0.717, 1.165) is 31.1 Å². The molecule has 6 heteroatoms. The van der Waals surface area contributed by atoms with Gasteiger partial charge in [0, 0.05) is 29.2 Å². The predicted molar refractivity (Wildman–Crippen MR) is 85.4 cm³/mol. The van der Waals surface area contributed by atoms with Gasteiger partial charge in [-0.2, -0.15) is 16.7 Å². The lowest BCUT2D eigenvalue weighted by atomic mass is 10.0. The van der Waals surface area contributed by atoms with Crippen molar-refractivity contribution in [2.75, 3.05) is 18.1 Å². The number of hydrogen-bond acceptors (Lipinski definition) is 6. The SMILES string of the molecule is CC1SCCSC1c1noc(CCC2CCCCN2)n1. The van der Waals surface area contributed by atoms with E-state index in [-0.39, 0.29) is 0 Å². The molecule has 2 aliphatic heterocycles. The quantitative estimate of drug-likeness (QED) is 0.922. The highest BCUT2D eigenvalue weighted by atomic mass is 32.2. The van der Waals surface area contributed by atoms with Gasteiger partial charge in [-0.15, -0.1) is 11.8 Å². The summed E-state index contributed by atoms with van der Waals surface area (Å²) in [4.78, 5) is 4.63. The highest BCUT2D eigenvalue weighted by Crippen LogP contribution is 2.41. The van der Waals surface area contributed by atoms with Gasteiger partial charge in [-0.25, -0.2) is 0 Å². The molecule has 3 heterocycles. The highest BCUT2D eigenvalue weighted by Gasteiger charge is 2.28. The Morgan fingerprint density at radius 3 is 3.00 bits per heavy atom. The van der Waals surface area contributed by atoms with E-state index in [4.69, 9.17) is 4.52 Å². The normalized spacial score (nSPS) is 31.4. The van der Waals surface area contributed by atoms with Gasteiger partial charge in [0.1, 0.15) is 0 Å². The van der Waals surface area contributed by atoms with Crippen molar-refractivity contribution in [1.29, 1.82) is 0 Å². The van der Waals surface area contributed by atoms with Crippen molar-refractivity contribution in [3.63, 3.8) is 0 Å². The second kappa shape index (κ2) is 7.18. The summed E-state index contributed by atoms with van der Waals surface area (Å²) in [6, 6.07) is 0.637. The van der Waals surface area contributed by atoms with Gasteiger partial charge in [0.25, 0.3) is 0 Å². The molecular weight excluding hydrogens is 290 g/mol. The molecule has 1 aromatic rings. The Balaban J connectivity index is 1.53. The van der Waals surface area contributed by atoms with Crippen molar-refractivity contribution in [2.24, 2.45) is 0 Å². The van der Waals surface area contributed by atoms with Gasteiger partial charge in [-0.05, 0) is 25.8 Å². The lowest BCUT2D eigenvalue weighted by Gasteiger charge is -2.24. The van der Waals surface area contributed by atoms with Crippen molar-refractivity contribution in [2.45, 2.75) is 55.6 Å². The maximum Gasteiger partial charge on any atom is 0.226 e. The van der Waals surface area contributed by atoms with Crippen LogP contribution in [0.5, 0.6) is 0 Å². The lowest BCUT2D eigenvalue weighted by molar-refractivity contribution is 0.340. The fraction of sp³-hybridized carbons (Fsp3) is 0.857. The van der Waals surface area contributed by atoms with Crippen LogP contribution in [0.4, 0.5) is 0 Å². The second-order valence-corrected chi connectivity index (χ2v) is 8.33. The number of thioether (sulfide) groups is 2. The minimum Gasteiger partial charge on any atom is -0.339 e. The van der Waals surface area contributed by atoms with Gasteiger partial charge in [-0.1, -0.05) is 18.5 Å². The first-order valence-corrected chi connectivity index (χ1v) is 9.72. The highest BCUT2D eigenvalue weighted by molar-refractivity contribution is 8.06. The summed E-state index contributed by atoms with van der Waals surface area (Å²) in [5, 5.41) is 8.77. The van der Waals surface area contributed by atoms with E-state index in [9.17, 15) is 0 Å². The molecule has 1 aromatic heterocycles. The Labute approximate surface area is 129 Å². The largest absolute Gasteiger partial charge is 0.339 e. The summed E-state index contributed by atoms with van der Waals surface area (Å²) in [7, 11) is 0. The fourth-order valence-electron chi connectivity index (χ4n) is 2.87. The van der Waals surface area contributed by atoms with Crippen LogP contribution in [-0.4, -0.2) is 39.5 Å². The summed E-state index contributed by atoms with van der Waals surface area (Å²) < 4.78 is 5.45. The van der Waals surface area contributed by atoms with Gasteiger partial charge >= 0.3 is 0 Å². The molecule has 0 bridgehead atoms. The number of aromatic nitrogens is 2. The Kier molecular flexibility index (Phi) is 5.29. The topological polar surface area (TPSA) is 51.0 Å². The average Bonchev–Trinajstić information content (AvgIpc) is 2.95. The number of rotatable bonds is 4. The maximum atomic E-state index is 5.45. The number of piperidine rings is 1. The van der Waals surface area contributed by atoms with Crippen molar-refractivity contribution < 1.29 is 4.52 Å². The molecule has 3 unspecified atom stereocenters. The van der Waals surface area contributed by atoms with Crippen LogP contribution >= 0.6 is 23.5 Å². The first kappa shape index (κ1) is 14.7. The molecule has 1 N–H and O–H groups in total. The van der Waals surface area contributed by atoms with E-state index in [1.165, 1.54) is 30.8 Å². The molecule has 0 saturated carbocycles. The number of aryl methyl sites for hydroxylation is 1. The molecule has 2 aliphatic rings. The van der Waals surface area contributed by atoms with Crippen LogP contribution in [0.1, 0.15) is 49.6 Å². The molecule has 4 nitrogen and oxygen atoms in total. The van der Waals surface area contributed by atoms with Crippen LogP contribution in [0.3, 0.4) is 0 Å². The smallest absolute Gasteiger partial charge is 0.226 e. The third-order valence-corrected chi connectivity index (χ3v) is 7.13. The first-order valence-electron chi connectivity index (χ1n) is 7.62. The standard InChI is InChI=1S/C14H23N3OS2/c1-10-13(20-9-8-19-10)14-16-12(18-17-14)6-5-11-4-2-3-7-15-11/h10-11,13,15H,2-9H2,1H3. The lowest BCUT2D eigenvalue weighted by Crippen LogP contribution is -2.34. The minimum absolute atomic E-state index is 0.402. The predicted octanol–water partition coefficient (Wildman–Crippen LogP) is 3.05. The molecule has 0 aliphatic carbocycles. The molecule has 112 valence electrons. The van der Waals surface area contributed by atoms with Crippen molar-refractivity contribution in [3.05, 3.63) is 11.7 Å². The van der Waals surface area contributed by atoms with Gasteiger partial charge in [-0.3, -0.25) is 0 Å². The van der Waals surface area contributed by atoms with Crippen LogP contribution in [0.25, 0.3) is 0 Å². The summed E-state index contributed by atoms with van der Waals surface area (Å²) in [6.07, 6.45) is 5.97. The molecule has 0 radical (unpaired) electrons. The molecule has 0 amide bonds. The number of hydrogen-bond donors (Lipinski definition) is 1. The van der Waals surface area contributed by atoms with E-state index in [1.807, 2.05) is 23.5 Å². The minimum atomic E-state index is 0.402. The fourth-order valence-corrected chi connectivity index (χ4v) is 5.55. The molecule has 2 saturated heterocycles. The molecule has 2 fully saturated rings. The van der Waals surface area contributed by atoms with Crippen LogP contribution in [0, 0.1) is 0 Å². The van der Waals surface area contributed by atoms with E-state index < -0.39 is 0 Å². The van der Waals surface area contributed by atoms with Gasteiger partial charge in [0.15, 0.2) is 5.82 Å². The maximum absolute atomic E-state index is 5.45. The molecular formula is C14H23N3OS2. The number of nitrogens with one attached hydrogen (secondary N) is 1. The van der Waals surface area contributed by atoms with Crippen LogP contribution < -0.4 is 5.32 Å². The van der Waals surface area contributed by atoms with Crippen molar-refractivity contribution >= 4 is 23.5 Å². The molecule has 0 spiro atoms. The van der Waals surface area contributed by atoms with Gasteiger partial charge in [0.2, 0.25) is 5.89 Å². The third kappa shape index (κ3) is 3.71. The van der Waals surface area contributed by atoms with Crippen LogP contribution in [-0.2, 0) is 6.42 Å². The zero-order valence-corrected chi connectivity index (χ0v) is 13.6. The number of nitrogens with zero attached hydrogens (tertiary/aromatic N) is 2. The van der Waals surface area contributed by atoms with E-state index >= 15 is 0 Å². The Morgan fingerprint density at radius 2 is 2.20 bits per heavy atom. The summed E-state index contributed by atoms with van der Waals surface area (Å²) in [5.74, 6) is 4.15. The summed E-state index contributed by atoms with van der Waals surface area (Å²) in [5.41, 5.74) is 0. The van der Waals surface area contributed by atoms with E-state index in [2.05, 4.69) is 22.4 Å². The van der Waals surface area contributed by atoms with Crippen LogP contribution in [0.2, 0.25) is 0 Å². The van der Waals surface area contributed by atoms with E-state index in [1.54, 1.807) is 0 Å². The van der Waals surface area contributed by atoms with Crippen molar-refractivity contribution in [3.8, 4) is 0 Å². The molecule has 3 atom stereocenters. The summed E-state index contributed by atoms with van der Waals surface area (Å²) >= 11 is 3.98. The molecule has 20 heavy (non-hydrogen) atoms. The average molecular weight is 313 g/mol. The Morgan fingerprint density at radius 1 is 1.30 bits per heavy atom. The summed E-state index contributed by atoms with van der Waals surface area (Å²) in [6.45, 7) is 3.43. The van der Waals surface area contributed by atoms with Gasteiger partial charge < -0.3 is 9.84 Å². The Bertz CT molecular complexity index is 420.